The van der Waals surface area contributed by atoms with Crippen LogP contribution in [-0.2, 0) is 4.79 Å². The number of hydrazine groups is 1. The standard InChI is InChI=1S/C25H21Cl2N3O4/c1-33-20-12-3-15(13-21(20)34-2)14-30-23(16-4-8-18(26)9-5-16)22(25(32)29-30)28-24(31)17-6-10-19(27)11-7-17/h3-14,22-23H,1-2H3,(H-,28,29,31,32)/p+1/b30-14-/t22-,23+/m1/s1. The number of nitrogens with zero attached hydrogens (tertiary/aromatic N) is 1. The van der Waals surface area contributed by atoms with Crippen LogP contribution in [0.5, 0.6) is 11.5 Å². The summed E-state index contributed by atoms with van der Waals surface area (Å²) in [7, 11) is 3.12. The summed E-state index contributed by atoms with van der Waals surface area (Å²) in [5.74, 6) is 0.410. The lowest BCUT2D eigenvalue weighted by Crippen LogP contribution is -2.42. The van der Waals surface area contributed by atoms with E-state index in [0.717, 1.165) is 11.1 Å². The molecular weight excluding hydrogens is 477 g/mol. The molecule has 0 bridgehead atoms. The predicted molar refractivity (Wildman–Crippen MR) is 130 cm³/mol. The monoisotopic (exact) mass is 498 g/mol. The Morgan fingerprint density at radius 3 is 2.18 bits per heavy atom. The summed E-state index contributed by atoms with van der Waals surface area (Å²) in [5, 5.41) is 3.94. The van der Waals surface area contributed by atoms with Gasteiger partial charge < -0.3 is 14.8 Å². The van der Waals surface area contributed by atoms with Crippen molar-refractivity contribution >= 4 is 41.2 Å². The first-order chi connectivity index (χ1) is 16.4. The number of carbonyl (C=O) groups is 2. The van der Waals surface area contributed by atoms with Crippen molar-refractivity contribution in [3.05, 3.63) is 93.5 Å². The molecule has 7 nitrogen and oxygen atoms in total. The summed E-state index contributed by atoms with van der Waals surface area (Å²) in [4.78, 5) is 25.9. The van der Waals surface area contributed by atoms with E-state index in [4.69, 9.17) is 32.7 Å². The molecule has 1 fully saturated rings. The van der Waals surface area contributed by atoms with E-state index in [-0.39, 0.29) is 11.8 Å². The zero-order valence-electron chi connectivity index (χ0n) is 18.4. The van der Waals surface area contributed by atoms with Crippen LogP contribution in [-0.4, -0.2) is 43.0 Å². The van der Waals surface area contributed by atoms with Crippen molar-refractivity contribution in [1.29, 1.82) is 0 Å². The number of ether oxygens (including phenoxy) is 2. The number of amides is 2. The van der Waals surface area contributed by atoms with Gasteiger partial charge in [0, 0.05) is 26.7 Å². The van der Waals surface area contributed by atoms with Gasteiger partial charge in [0.25, 0.3) is 5.91 Å². The molecule has 4 rings (SSSR count). The summed E-state index contributed by atoms with van der Waals surface area (Å²) in [6.45, 7) is 0. The molecule has 174 valence electrons. The number of hydrazone groups is 1. The molecule has 3 aromatic rings. The second-order valence-electron chi connectivity index (χ2n) is 7.58. The van der Waals surface area contributed by atoms with E-state index >= 15 is 0 Å². The molecule has 1 aliphatic heterocycles. The quantitative estimate of drug-likeness (QED) is 0.503. The van der Waals surface area contributed by atoms with Crippen LogP contribution in [0, 0.1) is 0 Å². The molecule has 3 aromatic carbocycles. The third-order valence-corrected chi connectivity index (χ3v) is 5.94. The van der Waals surface area contributed by atoms with Crippen molar-refractivity contribution < 1.29 is 23.7 Å². The van der Waals surface area contributed by atoms with E-state index in [0.29, 0.717) is 27.1 Å². The van der Waals surface area contributed by atoms with Crippen LogP contribution < -0.4 is 20.2 Å². The Hall–Kier alpha value is -3.55. The van der Waals surface area contributed by atoms with Gasteiger partial charge in [-0.05, 0) is 54.6 Å². The average Bonchev–Trinajstić information content (AvgIpc) is 3.14. The number of benzene rings is 3. The van der Waals surface area contributed by atoms with Gasteiger partial charge >= 0.3 is 5.91 Å². The van der Waals surface area contributed by atoms with E-state index in [1.54, 1.807) is 73.6 Å². The number of hydrogen-bond acceptors (Lipinski definition) is 4. The van der Waals surface area contributed by atoms with Crippen LogP contribution in [0.1, 0.15) is 27.5 Å². The Labute approximate surface area is 206 Å². The molecule has 0 aromatic heterocycles. The molecule has 1 saturated heterocycles. The van der Waals surface area contributed by atoms with Gasteiger partial charge in [-0.15, -0.1) is 10.1 Å². The minimum absolute atomic E-state index is 0.348. The molecule has 0 saturated carbocycles. The topological polar surface area (TPSA) is 79.7 Å². The van der Waals surface area contributed by atoms with Gasteiger partial charge in [0.2, 0.25) is 12.3 Å². The molecule has 0 unspecified atom stereocenters. The number of halogens is 2. The van der Waals surface area contributed by atoms with Crippen LogP contribution in [0.2, 0.25) is 10.0 Å². The molecule has 0 aliphatic carbocycles. The Morgan fingerprint density at radius 2 is 1.56 bits per heavy atom. The first-order valence-corrected chi connectivity index (χ1v) is 11.1. The first kappa shape index (κ1) is 23.6. The second-order valence-corrected chi connectivity index (χ2v) is 8.45. The molecule has 2 amide bonds. The normalized spacial score (nSPS) is 18.5. The number of rotatable bonds is 6. The Balaban J connectivity index is 1.71. The second kappa shape index (κ2) is 10.2. The third kappa shape index (κ3) is 5.00. The molecule has 1 heterocycles. The highest BCUT2D eigenvalue weighted by Crippen LogP contribution is 2.29. The molecule has 2 atom stereocenters. The summed E-state index contributed by atoms with van der Waals surface area (Å²) >= 11 is 12.0. The largest absolute Gasteiger partial charge is 0.493 e. The number of methoxy groups -OCH3 is 2. The summed E-state index contributed by atoms with van der Waals surface area (Å²) < 4.78 is 12.4. The number of hydrogen-bond donors (Lipinski definition) is 2. The van der Waals surface area contributed by atoms with Crippen molar-refractivity contribution in [3.8, 4) is 11.5 Å². The molecule has 0 spiro atoms. The zero-order chi connectivity index (χ0) is 24.2. The van der Waals surface area contributed by atoms with Crippen LogP contribution >= 0.6 is 23.2 Å². The van der Waals surface area contributed by atoms with Gasteiger partial charge in [0.05, 0.1) is 14.2 Å². The van der Waals surface area contributed by atoms with Gasteiger partial charge in [-0.2, -0.15) is 0 Å². The van der Waals surface area contributed by atoms with Gasteiger partial charge in [-0.25, -0.2) is 0 Å². The van der Waals surface area contributed by atoms with Crippen LogP contribution in [0.25, 0.3) is 0 Å². The van der Waals surface area contributed by atoms with E-state index < -0.39 is 12.1 Å². The minimum Gasteiger partial charge on any atom is -0.493 e. The molecule has 0 radical (unpaired) electrons. The average molecular weight is 499 g/mol. The molecule has 1 aliphatic rings. The summed E-state index contributed by atoms with van der Waals surface area (Å²) in [5.41, 5.74) is 4.80. The first-order valence-electron chi connectivity index (χ1n) is 10.4. The highest BCUT2D eigenvalue weighted by Gasteiger charge is 2.47. The fourth-order valence-electron chi connectivity index (χ4n) is 3.76. The van der Waals surface area contributed by atoms with E-state index in [9.17, 15) is 9.59 Å². The number of carbonyl (C=O) groups excluding carboxylic acids is 2. The summed E-state index contributed by atoms with van der Waals surface area (Å²) in [6, 6.07) is 17.6. The molecule has 2 N–H and O–H groups in total. The van der Waals surface area contributed by atoms with Gasteiger partial charge in [0.15, 0.2) is 17.5 Å². The lowest BCUT2D eigenvalue weighted by atomic mass is 9.99. The van der Waals surface area contributed by atoms with E-state index in [2.05, 4.69) is 10.7 Å². The van der Waals surface area contributed by atoms with Crippen molar-refractivity contribution in [1.82, 2.24) is 10.7 Å². The van der Waals surface area contributed by atoms with Crippen molar-refractivity contribution in [3.63, 3.8) is 0 Å². The SMILES string of the molecule is COc1ccc(/C=[N+]2\NC(=O)[C@H](NC(=O)c3ccc(Cl)cc3)[C@@H]2c2ccc(Cl)cc2)cc1OC. The Morgan fingerprint density at radius 1 is 0.941 bits per heavy atom. The molecular formula is C25H22Cl2N3O4+. The van der Waals surface area contributed by atoms with Crippen molar-refractivity contribution in [2.24, 2.45) is 0 Å². The maximum Gasteiger partial charge on any atom is 0.304 e. The van der Waals surface area contributed by atoms with Crippen molar-refractivity contribution in [2.45, 2.75) is 12.1 Å². The predicted octanol–water partition coefficient (Wildman–Crippen LogP) is 4.03. The minimum atomic E-state index is -0.860. The van der Waals surface area contributed by atoms with Gasteiger partial charge in [-0.3, -0.25) is 9.59 Å². The maximum absolute atomic E-state index is 13.0. The lowest BCUT2D eigenvalue weighted by molar-refractivity contribution is -0.596. The smallest absolute Gasteiger partial charge is 0.304 e. The highest BCUT2D eigenvalue weighted by atomic mass is 35.5. The van der Waals surface area contributed by atoms with Gasteiger partial charge in [-0.1, -0.05) is 35.3 Å². The molecule has 34 heavy (non-hydrogen) atoms. The maximum atomic E-state index is 13.0. The number of nitrogens with one attached hydrogen (secondary N) is 2. The fourth-order valence-corrected chi connectivity index (χ4v) is 4.01. The Bertz CT molecular complexity index is 1240. The van der Waals surface area contributed by atoms with Crippen LogP contribution in [0.3, 0.4) is 0 Å². The van der Waals surface area contributed by atoms with Gasteiger partial charge in [0.1, 0.15) is 0 Å². The van der Waals surface area contributed by atoms with Crippen molar-refractivity contribution in [2.75, 3.05) is 14.2 Å². The van der Waals surface area contributed by atoms with E-state index in [1.165, 1.54) is 0 Å². The highest BCUT2D eigenvalue weighted by molar-refractivity contribution is 6.30. The van der Waals surface area contributed by atoms with Crippen LogP contribution in [0.4, 0.5) is 0 Å². The lowest BCUT2D eigenvalue weighted by Gasteiger charge is -2.15. The summed E-state index contributed by atoms with van der Waals surface area (Å²) in [6.07, 6.45) is 1.77. The zero-order valence-corrected chi connectivity index (χ0v) is 19.9. The fraction of sp³-hybridized carbons (Fsp3) is 0.160. The van der Waals surface area contributed by atoms with Crippen LogP contribution in [0.15, 0.2) is 66.7 Å². The Kier molecular flexibility index (Phi) is 7.05. The third-order valence-electron chi connectivity index (χ3n) is 5.44. The molecule has 9 heteroatoms. The van der Waals surface area contributed by atoms with E-state index in [1.807, 2.05) is 18.2 Å².